The van der Waals surface area contributed by atoms with Crippen LogP contribution < -0.4 is 10.6 Å². The van der Waals surface area contributed by atoms with Gasteiger partial charge >= 0.3 is 0 Å². The molecular formula is C20H28IN5O3. The molecule has 2 heterocycles. The lowest BCUT2D eigenvalue weighted by Gasteiger charge is -2.17. The molecule has 1 saturated heterocycles. The summed E-state index contributed by atoms with van der Waals surface area (Å²) in [4.78, 5) is 35.3. The number of carbonyl (C=O) groups excluding carboxylic acids is 2. The molecule has 1 aliphatic heterocycles. The summed E-state index contributed by atoms with van der Waals surface area (Å²) in [6.07, 6.45) is 5.88. The quantitative estimate of drug-likeness (QED) is 0.150. The number of oxazole rings is 1. The van der Waals surface area contributed by atoms with Gasteiger partial charge in [0.25, 0.3) is 0 Å². The lowest BCUT2D eigenvalue weighted by molar-refractivity contribution is -0.140. The van der Waals surface area contributed by atoms with E-state index >= 15 is 0 Å². The van der Waals surface area contributed by atoms with Crippen molar-refractivity contribution in [3.8, 4) is 0 Å². The minimum absolute atomic E-state index is 0. The fourth-order valence-electron chi connectivity index (χ4n) is 4.62. The highest BCUT2D eigenvalue weighted by atomic mass is 127. The number of amides is 2. The number of imide groups is 1. The Bertz CT molecular complexity index is 800. The summed E-state index contributed by atoms with van der Waals surface area (Å²) < 4.78 is 5.54. The Labute approximate surface area is 187 Å². The molecule has 2 aliphatic carbocycles. The van der Waals surface area contributed by atoms with Crippen LogP contribution >= 0.6 is 24.0 Å². The smallest absolute Gasteiger partial charge is 0.233 e. The lowest BCUT2D eigenvalue weighted by Crippen LogP contribution is -2.39. The number of nitrogens with one attached hydrogen (secondary N) is 2. The van der Waals surface area contributed by atoms with Crippen LogP contribution in [-0.4, -0.2) is 47.8 Å². The summed E-state index contributed by atoms with van der Waals surface area (Å²) in [7, 11) is 1.69. The second kappa shape index (κ2) is 8.85. The average molecular weight is 513 g/mol. The van der Waals surface area contributed by atoms with Gasteiger partial charge in [-0.15, -0.1) is 24.0 Å². The van der Waals surface area contributed by atoms with E-state index in [9.17, 15) is 9.59 Å². The maximum absolute atomic E-state index is 12.7. The third kappa shape index (κ3) is 4.06. The Balaban J connectivity index is 0.00000240. The summed E-state index contributed by atoms with van der Waals surface area (Å²) in [5, 5.41) is 6.35. The summed E-state index contributed by atoms with van der Waals surface area (Å²) in [5.74, 6) is 2.39. The van der Waals surface area contributed by atoms with E-state index in [0.717, 1.165) is 17.9 Å². The molecule has 4 unspecified atom stereocenters. The Kier molecular flexibility index (Phi) is 6.65. The number of aliphatic imine (C=N–C) groups is 1. The molecule has 0 aromatic carbocycles. The zero-order valence-corrected chi connectivity index (χ0v) is 19.3. The third-order valence-electron chi connectivity index (χ3n) is 6.12. The summed E-state index contributed by atoms with van der Waals surface area (Å²) in [6, 6.07) is 0. The molecule has 1 saturated carbocycles. The zero-order valence-electron chi connectivity index (χ0n) is 17.0. The van der Waals surface area contributed by atoms with Gasteiger partial charge in [-0.1, -0.05) is 12.2 Å². The Morgan fingerprint density at radius 3 is 2.41 bits per heavy atom. The van der Waals surface area contributed by atoms with Gasteiger partial charge in [0, 0.05) is 20.1 Å². The number of fused-ring (bicyclic) bond motifs is 5. The van der Waals surface area contributed by atoms with E-state index in [2.05, 4.69) is 32.8 Å². The summed E-state index contributed by atoms with van der Waals surface area (Å²) >= 11 is 0. The number of nitrogens with zero attached hydrogens (tertiary/aromatic N) is 3. The van der Waals surface area contributed by atoms with Crippen LogP contribution in [0.15, 0.2) is 21.6 Å². The number of allylic oxidation sites excluding steroid dienone is 2. The largest absolute Gasteiger partial charge is 0.444 e. The molecule has 29 heavy (non-hydrogen) atoms. The maximum atomic E-state index is 12.7. The molecule has 2 fully saturated rings. The molecular weight excluding hydrogens is 485 g/mol. The number of rotatable bonds is 6. The molecule has 2 N–H and O–H groups in total. The molecule has 4 rings (SSSR count). The molecule has 158 valence electrons. The van der Waals surface area contributed by atoms with Crippen molar-refractivity contribution in [3.63, 3.8) is 0 Å². The van der Waals surface area contributed by atoms with Crippen molar-refractivity contribution in [2.45, 2.75) is 33.2 Å². The van der Waals surface area contributed by atoms with Crippen LogP contribution in [0.1, 0.15) is 30.2 Å². The first-order chi connectivity index (χ1) is 13.5. The van der Waals surface area contributed by atoms with Gasteiger partial charge < -0.3 is 15.1 Å². The van der Waals surface area contributed by atoms with Crippen LogP contribution in [0.3, 0.4) is 0 Å². The lowest BCUT2D eigenvalue weighted by atomic mass is 9.85. The predicted octanol–water partition coefficient (Wildman–Crippen LogP) is 1.77. The monoisotopic (exact) mass is 513 g/mol. The van der Waals surface area contributed by atoms with E-state index in [1.54, 1.807) is 7.05 Å². The first kappa shape index (κ1) is 21.8. The minimum atomic E-state index is -0.113. The number of guanidine groups is 1. The van der Waals surface area contributed by atoms with Crippen LogP contribution in [-0.2, 0) is 16.1 Å². The molecule has 1 aromatic heterocycles. The fraction of sp³-hybridized carbons (Fsp3) is 0.600. The van der Waals surface area contributed by atoms with E-state index in [0.29, 0.717) is 37.9 Å². The molecule has 8 nitrogen and oxygen atoms in total. The molecule has 3 aliphatic rings. The molecule has 0 spiro atoms. The number of hydrogen-bond acceptors (Lipinski definition) is 5. The van der Waals surface area contributed by atoms with Gasteiger partial charge in [-0.3, -0.25) is 19.5 Å². The second-order valence-electron chi connectivity index (χ2n) is 7.78. The molecule has 9 heteroatoms. The van der Waals surface area contributed by atoms with Gasteiger partial charge in [-0.05, 0) is 38.5 Å². The van der Waals surface area contributed by atoms with Crippen molar-refractivity contribution in [2.24, 2.45) is 28.7 Å². The van der Waals surface area contributed by atoms with E-state index in [1.165, 1.54) is 4.90 Å². The van der Waals surface area contributed by atoms with Crippen molar-refractivity contribution >= 4 is 41.8 Å². The molecule has 2 bridgehead atoms. The first-order valence-corrected chi connectivity index (χ1v) is 9.90. The average Bonchev–Trinajstić information content (AvgIpc) is 3.42. The van der Waals surface area contributed by atoms with E-state index in [1.807, 2.05) is 13.8 Å². The van der Waals surface area contributed by atoms with Crippen LogP contribution in [0.25, 0.3) is 0 Å². The summed E-state index contributed by atoms with van der Waals surface area (Å²) in [5.41, 5.74) is 0.882. The van der Waals surface area contributed by atoms with Gasteiger partial charge in [0.15, 0.2) is 5.96 Å². The second-order valence-corrected chi connectivity index (χ2v) is 7.78. The van der Waals surface area contributed by atoms with E-state index in [-0.39, 0.29) is 59.5 Å². The van der Waals surface area contributed by atoms with Crippen molar-refractivity contribution < 1.29 is 14.0 Å². The van der Waals surface area contributed by atoms with Crippen LogP contribution in [0.2, 0.25) is 0 Å². The third-order valence-corrected chi connectivity index (χ3v) is 6.12. The highest BCUT2D eigenvalue weighted by molar-refractivity contribution is 14.0. The number of hydrogen-bond donors (Lipinski definition) is 2. The standard InChI is InChI=1S/C20H27N5O3.HI/c1-11-12(2)28-15(24-11)10-23-20(21-3)22-7-4-8-25-18(26)16-13-5-6-14(9-13)17(16)19(25)27;/h5-6,13-14,16-17H,4,7-10H2,1-3H3,(H2,21,22,23);1H. The van der Waals surface area contributed by atoms with Gasteiger partial charge in [0.1, 0.15) is 5.76 Å². The zero-order chi connectivity index (χ0) is 19.8. The molecule has 4 atom stereocenters. The van der Waals surface area contributed by atoms with Gasteiger partial charge in [0.05, 0.1) is 24.1 Å². The highest BCUT2D eigenvalue weighted by Gasteiger charge is 2.58. The normalized spacial score (nSPS) is 27.4. The van der Waals surface area contributed by atoms with Crippen LogP contribution in [0, 0.1) is 37.5 Å². The Morgan fingerprint density at radius 1 is 1.21 bits per heavy atom. The molecule has 0 radical (unpaired) electrons. The number of halogens is 1. The van der Waals surface area contributed by atoms with Gasteiger partial charge in [-0.2, -0.15) is 0 Å². The van der Waals surface area contributed by atoms with Crippen LogP contribution in [0.4, 0.5) is 0 Å². The minimum Gasteiger partial charge on any atom is -0.444 e. The SMILES string of the molecule is CN=C(NCCCN1C(=O)C2C3C=CC(C3)C2C1=O)NCc1nc(C)c(C)o1.I. The van der Waals surface area contributed by atoms with Crippen molar-refractivity contribution in [1.29, 1.82) is 0 Å². The summed E-state index contributed by atoms with van der Waals surface area (Å²) in [6.45, 7) is 5.30. The molecule has 2 amide bonds. The fourth-order valence-corrected chi connectivity index (χ4v) is 4.62. The first-order valence-electron chi connectivity index (χ1n) is 9.90. The number of carbonyl (C=O) groups is 2. The maximum Gasteiger partial charge on any atom is 0.233 e. The van der Waals surface area contributed by atoms with Gasteiger partial charge in [0.2, 0.25) is 17.7 Å². The topological polar surface area (TPSA) is 99.8 Å². The Hall–Kier alpha value is -1.91. The van der Waals surface area contributed by atoms with E-state index in [4.69, 9.17) is 4.42 Å². The number of likely N-dealkylation sites (tertiary alicyclic amines) is 1. The Morgan fingerprint density at radius 2 is 1.86 bits per heavy atom. The predicted molar refractivity (Wildman–Crippen MR) is 119 cm³/mol. The van der Waals surface area contributed by atoms with Gasteiger partial charge in [-0.25, -0.2) is 4.98 Å². The van der Waals surface area contributed by atoms with Crippen molar-refractivity contribution in [3.05, 3.63) is 29.5 Å². The highest BCUT2D eigenvalue weighted by Crippen LogP contribution is 2.52. The van der Waals surface area contributed by atoms with E-state index < -0.39 is 0 Å². The van der Waals surface area contributed by atoms with Crippen LogP contribution in [0.5, 0.6) is 0 Å². The number of aryl methyl sites for hydroxylation is 2. The van der Waals surface area contributed by atoms with Crippen molar-refractivity contribution in [2.75, 3.05) is 20.1 Å². The van der Waals surface area contributed by atoms with Crippen molar-refractivity contribution in [1.82, 2.24) is 20.5 Å². The molecule has 1 aromatic rings. The number of aromatic nitrogens is 1.